The number of carbonyl (C=O) groups is 4. The minimum atomic E-state index is -1.09. The van der Waals surface area contributed by atoms with Crippen LogP contribution in [0.25, 0.3) is 21.5 Å². The Morgan fingerprint density at radius 3 is 1.67 bits per heavy atom. The van der Waals surface area contributed by atoms with Gasteiger partial charge in [-0.25, -0.2) is 0 Å². The molecule has 0 radical (unpaired) electrons. The summed E-state index contributed by atoms with van der Waals surface area (Å²) in [4.78, 5) is 50.1. The van der Waals surface area contributed by atoms with Gasteiger partial charge < -0.3 is 0 Å². The fourth-order valence-corrected chi connectivity index (χ4v) is 3.62. The van der Waals surface area contributed by atoms with Crippen LogP contribution in [0, 0.1) is 0 Å². The number of rotatable bonds is 7. The summed E-state index contributed by atoms with van der Waals surface area (Å²) in [6.45, 7) is 0. The maximum absolute atomic E-state index is 12.7. The maximum Gasteiger partial charge on any atom is 0.269 e. The van der Waals surface area contributed by atoms with Crippen molar-refractivity contribution in [2.75, 3.05) is 0 Å². The van der Waals surface area contributed by atoms with Gasteiger partial charge in [-0.2, -0.15) is 0 Å². The fraction of sp³-hybridized carbons (Fsp3) is 0.0769. The molecule has 4 rings (SSSR count). The van der Waals surface area contributed by atoms with E-state index in [1.54, 1.807) is 30.3 Å². The molecule has 30 heavy (non-hydrogen) atoms. The molecule has 0 aliphatic rings. The lowest BCUT2D eigenvalue weighted by Crippen LogP contribution is -2.24. The average Bonchev–Trinajstić information content (AvgIpc) is 2.80. The molecular formula is C26H18O4. The standard InChI is InChI=1S/C26H18O4/c27-23(21-13-5-9-17-7-1-3-11-19(17)21)15-16-24(28)26(30)25(29)22-14-6-10-18-8-2-4-12-20(18)22/h1-14H,15-16H2. The van der Waals surface area contributed by atoms with Crippen LogP contribution in [-0.2, 0) is 9.59 Å². The molecule has 4 nitrogen and oxygen atoms in total. The first-order valence-electron chi connectivity index (χ1n) is 9.67. The van der Waals surface area contributed by atoms with Crippen LogP contribution in [-0.4, -0.2) is 23.1 Å². The predicted molar refractivity (Wildman–Crippen MR) is 116 cm³/mol. The van der Waals surface area contributed by atoms with Crippen LogP contribution in [0.4, 0.5) is 0 Å². The largest absolute Gasteiger partial charge is 0.294 e. The van der Waals surface area contributed by atoms with Crippen molar-refractivity contribution in [1.29, 1.82) is 0 Å². The monoisotopic (exact) mass is 394 g/mol. The Bertz CT molecular complexity index is 1310. The second-order valence-corrected chi connectivity index (χ2v) is 7.06. The zero-order valence-corrected chi connectivity index (χ0v) is 16.1. The quantitative estimate of drug-likeness (QED) is 0.252. The number of benzene rings is 4. The highest BCUT2D eigenvalue weighted by Gasteiger charge is 2.26. The van der Waals surface area contributed by atoms with Gasteiger partial charge in [0.05, 0.1) is 0 Å². The van der Waals surface area contributed by atoms with E-state index in [9.17, 15) is 19.2 Å². The van der Waals surface area contributed by atoms with Gasteiger partial charge in [-0.05, 0) is 21.5 Å². The average molecular weight is 394 g/mol. The first kappa shape index (κ1) is 19.4. The van der Waals surface area contributed by atoms with Gasteiger partial charge in [0.15, 0.2) is 5.78 Å². The third-order valence-corrected chi connectivity index (χ3v) is 5.16. The van der Waals surface area contributed by atoms with Gasteiger partial charge in [0.25, 0.3) is 5.78 Å². The number of carbonyl (C=O) groups excluding carboxylic acids is 4. The lowest BCUT2D eigenvalue weighted by atomic mass is 9.95. The van der Waals surface area contributed by atoms with E-state index < -0.39 is 17.3 Å². The van der Waals surface area contributed by atoms with Gasteiger partial charge in [0.1, 0.15) is 0 Å². The molecule has 0 aliphatic heterocycles. The van der Waals surface area contributed by atoms with Crippen LogP contribution in [0.1, 0.15) is 33.6 Å². The summed E-state index contributed by atoms with van der Waals surface area (Å²) in [6, 6.07) is 25.1. The van der Waals surface area contributed by atoms with Crippen molar-refractivity contribution < 1.29 is 19.2 Å². The molecule has 0 amide bonds. The van der Waals surface area contributed by atoms with Crippen molar-refractivity contribution in [3.63, 3.8) is 0 Å². The van der Waals surface area contributed by atoms with Crippen molar-refractivity contribution in [3.8, 4) is 0 Å². The van der Waals surface area contributed by atoms with E-state index in [-0.39, 0.29) is 24.2 Å². The highest BCUT2D eigenvalue weighted by atomic mass is 16.2. The van der Waals surface area contributed by atoms with Crippen LogP contribution in [0.2, 0.25) is 0 Å². The van der Waals surface area contributed by atoms with E-state index in [0.29, 0.717) is 10.9 Å². The number of hydrogen-bond donors (Lipinski definition) is 0. The van der Waals surface area contributed by atoms with Crippen LogP contribution in [0.15, 0.2) is 84.9 Å². The Morgan fingerprint density at radius 1 is 0.533 bits per heavy atom. The molecule has 146 valence electrons. The summed E-state index contributed by atoms with van der Waals surface area (Å²) in [5.41, 5.74) is 0.709. The van der Waals surface area contributed by atoms with Gasteiger partial charge in [-0.15, -0.1) is 0 Å². The summed E-state index contributed by atoms with van der Waals surface area (Å²) < 4.78 is 0. The summed E-state index contributed by atoms with van der Waals surface area (Å²) >= 11 is 0. The molecule has 0 aliphatic carbocycles. The summed E-state index contributed by atoms with van der Waals surface area (Å²) in [7, 11) is 0. The molecule has 0 atom stereocenters. The number of Topliss-reactive ketones (excluding diaryl/α,β-unsaturated/α-hetero) is 4. The molecular weight excluding hydrogens is 376 g/mol. The lowest BCUT2D eigenvalue weighted by Gasteiger charge is -2.06. The van der Waals surface area contributed by atoms with E-state index in [0.717, 1.165) is 16.2 Å². The lowest BCUT2D eigenvalue weighted by molar-refractivity contribution is -0.133. The van der Waals surface area contributed by atoms with Crippen LogP contribution in [0.3, 0.4) is 0 Å². The van der Waals surface area contributed by atoms with Crippen molar-refractivity contribution in [2.24, 2.45) is 0 Å². The Morgan fingerprint density at radius 2 is 1.03 bits per heavy atom. The molecule has 0 saturated carbocycles. The van der Waals surface area contributed by atoms with E-state index in [4.69, 9.17) is 0 Å². The minimum Gasteiger partial charge on any atom is -0.294 e. The molecule has 0 saturated heterocycles. The van der Waals surface area contributed by atoms with Gasteiger partial charge in [0.2, 0.25) is 11.6 Å². The number of ketones is 4. The molecule has 0 heterocycles. The van der Waals surface area contributed by atoms with Gasteiger partial charge >= 0.3 is 0 Å². The SMILES string of the molecule is O=C(CCC(=O)c1cccc2ccccc12)C(=O)C(=O)c1cccc2ccccc12. The molecule has 0 aromatic heterocycles. The Kier molecular flexibility index (Phi) is 5.31. The summed E-state index contributed by atoms with van der Waals surface area (Å²) in [5, 5.41) is 3.17. The maximum atomic E-state index is 12.7. The zero-order chi connectivity index (χ0) is 21.1. The third kappa shape index (κ3) is 3.67. The molecule has 0 unspecified atom stereocenters. The molecule has 4 heteroatoms. The first-order chi connectivity index (χ1) is 14.6. The van der Waals surface area contributed by atoms with Crippen LogP contribution in [0.5, 0.6) is 0 Å². The predicted octanol–water partition coefficient (Wildman–Crippen LogP) is 4.98. The van der Waals surface area contributed by atoms with Crippen molar-refractivity contribution in [3.05, 3.63) is 96.1 Å². The Balaban J connectivity index is 1.49. The second-order valence-electron chi connectivity index (χ2n) is 7.06. The third-order valence-electron chi connectivity index (χ3n) is 5.16. The molecule has 0 bridgehead atoms. The van der Waals surface area contributed by atoms with Gasteiger partial charge in [-0.1, -0.05) is 84.9 Å². The smallest absolute Gasteiger partial charge is 0.269 e. The highest BCUT2D eigenvalue weighted by molar-refractivity contribution is 6.67. The van der Waals surface area contributed by atoms with Crippen molar-refractivity contribution >= 4 is 44.7 Å². The summed E-state index contributed by atoms with van der Waals surface area (Å²) in [6.07, 6.45) is -0.418. The number of fused-ring (bicyclic) bond motifs is 2. The minimum absolute atomic E-state index is 0.124. The Labute approximate surface area is 173 Å². The van der Waals surface area contributed by atoms with E-state index in [2.05, 4.69) is 0 Å². The Hall–Kier alpha value is -3.92. The van der Waals surface area contributed by atoms with Crippen LogP contribution < -0.4 is 0 Å². The molecule has 4 aromatic carbocycles. The molecule has 0 N–H and O–H groups in total. The number of hydrogen-bond acceptors (Lipinski definition) is 4. The molecule has 4 aromatic rings. The zero-order valence-electron chi connectivity index (χ0n) is 16.1. The summed E-state index contributed by atoms with van der Waals surface area (Å²) in [5.74, 6) is -3.00. The van der Waals surface area contributed by atoms with E-state index in [1.807, 2.05) is 48.5 Å². The second kappa shape index (κ2) is 8.21. The van der Waals surface area contributed by atoms with Gasteiger partial charge in [0, 0.05) is 24.0 Å². The van der Waals surface area contributed by atoms with Crippen molar-refractivity contribution in [2.45, 2.75) is 12.8 Å². The van der Waals surface area contributed by atoms with E-state index >= 15 is 0 Å². The van der Waals surface area contributed by atoms with Crippen molar-refractivity contribution in [1.82, 2.24) is 0 Å². The van der Waals surface area contributed by atoms with Crippen LogP contribution >= 0.6 is 0 Å². The topological polar surface area (TPSA) is 68.3 Å². The molecule has 0 fully saturated rings. The van der Waals surface area contributed by atoms with Gasteiger partial charge in [-0.3, -0.25) is 19.2 Å². The van der Waals surface area contributed by atoms with E-state index in [1.165, 1.54) is 6.07 Å². The first-order valence-corrected chi connectivity index (χ1v) is 9.67. The normalized spacial score (nSPS) is 10.8. The highest BCUT2D eigenvalue weighted by Crippen LogP contribution is 2.21. The fourth-order valence-electron chi connectivity index (χ4n) is 3.62. The molecule has 0 spiro atoms.